The molecule has 35 heavy (non-hydrogen) atoms. The van der Waals surface area contributed by atoms with Gasteiger partial charge in [0.1, 0.15) is 0 Å². The lowest BCUT2D eigenvalue weighted by molar-refractivity contribution is -0.116. The fourth-order valence-electron chi connectivity index (χ4n) is 4.51. The summed E-state index contributed by atoms with van der Waals surface area (Å²) in [4.78, 5) is 19.4. The number of pyridine rings is 1. The molecule has 2 aromatic carbocycles. The molecule has 1 aliphatic heterocycles. The molecule has 3 heterocycles. The first-order valence-electron chi connectivity index (χ1n) is 11.7. The van der Waals surface area contributed by atoms with Gasteiger partial charge in [-0.3, -0.25) is 9.78 Å². The van der Waals surface area contributed by atoms with E-state index in [0.29, 0.717) is 18.1 Å². The molecule has 1 amide bonds. The van der Waals surface area contributed by atoms with Crippen molar-refractivity contribution in [2.24, 2.45) is 0 Å². The Labute approximate surface area is 210 Å². The minimum absolute atomic E-state index is 0.0482. The van der Waals surface area contributed by atoms with Crippen LogP contribution in [0.2, 0.25) is 0 Å². The highest BCUT2D eigenvalue weighted by molar-refractivity contribution is 7.80. The van der Waals surface area contributed by atoms with Crippen LogP contribution in [0.3, 0.4) is 0 Å². The van der Waals surface area contributed by atoms with Crippen LogP contribution in [0.5, 0.6) is 0 Å². The lowest BCUT2D eigenvalue weighted by Gasteiger charge is -2.29. The van der Waals surface area contributed by atoms with Gasteiger partial charge in [-0.1, -0.05) is 42.0 Å². The second-order valence-electron chi connectivity index (χ2n) is 8.62. The molecule has 0 radical (unpaired) electrons. The fraction of sp³-hybridized carbons (Fsp3) is 0.179. The van der Waals surface area contributed by atoms with E-state index in [9.17, 15) is 4.79 Å². The van der Waals surface area contributed by atoms with Gasteiger partial charge in [-0.2, -0.15) is 0 Å². The van der Waals surface area contributed by atoms with Crippen LogP contribution >= 0.6 is 12.2 Å². The van der Waals surface area contributed by atoms with Gasteiger partial charge in [0.05, 0.1) is 17.8 Å². The topological polar surface area (TPSA) is 62.2 Å². The predicted octanol–water partition coefficient (Wildman–Crippen LogP) is 5.18. The predicted molar refractivity (Wildman–Crippen MR) is 142 cm³/mol. The molecule has 176 valence electrons. The zero-order chi connectivity index (χ0) is 24.2. The molecule has 6 nitrogen and oxygen atoms in total. The van der Waals surface area contributed by atoms with Crippen molar-refractivity contribution in [1.82, 2.24) is 19.8 Å². The highest BCUT2D eigenvalue weighted by Crippen LogP contribution is 2.39. The maximum Gasteiger partial charge on any atom is 0.226 e. The van der Waals surface area contributed by atoms with Crippen molar-refractivity contribution in [3.8, 4) is 5.69 Å². The molecule has 5 rings (SSSR count). The zero-order valence-electron chi connectivity index (χ0n) is 19.5. The molecular formula is C28H27N5OS. The number of aryl methyl sites for hydroxylation is 1. The van der Waals surface area contributed by atoms with Crippen molar-refractivity contribution in [1.29, 1.82) is 0 Å². The number of hydrogen-bond donors (Lipinski definition) is 2. The molecule has 1 aliphatic rings. The number of carbonyl (C=O) groups is 1. The summed E-state index contributed by atoms with van der Waals surface area (Å²) >= 11 is 5.77. The Bertz CT molecular complexity index is 1300. The second-order valence-corrected chi connectivity index (χ2v) is 9.01. The quantitative estimate of drug-likeness (QED) is 0.356. The van der Waals surface area contributed by atoms with Gasteiger partial charge in [-0.15, -0.1) is 0 Å². The average Bonchev–Trinajstić information content (AvgIpc) is 3.48. The minimum Gasteiger partial charge on any atom is -0.352 e. The van der Waals surface area contributed by atoms with E-state index in [0.717, 1.165) is 22.8 Å². The van der Waals surface area contributed by atoms with Gasteiger partial charge in [0.25, 0.3) is 0 Å². The second kappa shape index (κ2) is 10.1. The number of aromatic nitrogens is 2. The van der Waals surface area contributed by atoms with Gasteiger partial charge in [-0.25, -0.2) is 0 Å². The van der Waals surface area contributed by atoms with Crippen LogP contribution in [0, 0.1) is 6.92 Å². The van der Waals surface area contributed by atoms with Gasteiger partial charge in [0.2, 0.25) is 5.91 Å². The molecule has 1 fully saturated rings. The maximum atomic E-state index is 12.7. The molecular weight excluding hydrogens is 454 g/mol. The van der Waals surface area contributed by atoms with E-state index in [1.54, 1.807) is 6.20 Å². The number of nitrogens with zero attached hydrogens (tertiary/aromatic N) is 3. The summed E-state index contributed by atoms with van der Waals surface area (Å²) in [5.74, 6) is -0.0482. The summed E-state index contributed by atoms with van der Waals surface area (Å²) in [5, 5.41) is 7.06. The Kier molecular flexibility index (Phi) is 6.59. The highest BCUT2D eigenvalue weighted by atomic mass is 32.1. The molecule has 4 aromatic rings. The summed E-state index contributed by atoms with van der Waals surface area (Å²) in [7, 11) is 0. The minimum atomic E-state index is -0.139. The summed E-state index contributed by atoms with van der Waals surface area (Å²) in [6.07, 6.45) is 4.18. The van der Waals surface area contributed by atoms with Crippen LogP contribution in [0.1, 0.15) is 35.5 Å². The Balaban J connectivity index is 1.45. The van der Waals surface area contributed by atoms with Crippen LogP contribution < -0.4 is 10.6 Å². The first-order chi connectivity index (χ1) is 17.1. The summed E-state index contributed by atoms with van der Waals surface area (Å²) in [6, 6.07) is 27.8. The summed E-state index contributed by atoms with van der Waals surface area (Å²) in [5.41, 5.74) is 5.07. The number of amides is 1. The normalized spacial score (nSPS) is 17.3. The van der Waals surface area contributed by atoms with Crippen LogP contribution in [-0.2, 0) is 4.79 Å². The lowest BCUT2D eigenvalue weighted by Crippen LogP contribution is -2.33. The van der Waals surface area contributed by atoms with E-state index < -0.39 is 0 Å². The Morgan fingerprint density at radius 2 is 1.77 bits per heavy atom. The molecule has 2 atom stereocenters. The molecule has 2 aromatic heterocycles. The van der Waals surface area contributed by atoms with Crippen LogP contribution in [0.15, 0.2) is 97.3 Å². The number of carbonyl (C=O) groups excluding carboxylic acids is 1. The van der Waals surface area contributed by atoms with Crippen molar-refractivity contribution < 1.29 is 4.79 Å². The van der Waals surface area contributed by atoms with Gasteiger partial charge in [0.15, 0.2) is 5.11 Å². The Hall–Kier alpha value is -3.97. The van der Waals surface area contributed by atoms with Crippen molar-refractivity contribution in [2.45, 2.75) is 25.4 Å². The fourth-order valence-corrected chi connectivity index (χ4v) is 4.84. The summed E-state index contributed by atoms with van der Waals surface area (Å²) < 4.78 is 2.19. The number of hydrogen-bond acceptors (Lipinski definition) is 3. The van der Waals surface area contributed by atoms with E-state index in [1.165, 1.54) is 5.56 Å². The molecule has 0 unspecified atom stereocenters. The molecule has 0 bridgehead atoms. The third-order valence-corrected chi connectivity index (χ3v) is 6.58. The molecule has 1 saturated heterocycles. The van der Waals surface area contributed by atoms with E-state index in [2.05, 4.69) is 68.5 Å². The first kappa shape index (κ1) is 22.8. The summed E-state index contributed by atoms with van der Waals surface area (Å²) in [6.45, 7) is 2.57. The largest absolute Gasteiger partial charge is 0.352 e. The molecule has 0 aliphatic carbocycles. The Morgan fingerprint density at radius 3 is 2.51 bits per heavy atom. The SMILES string of the molecule is Cc1ccc(-n2cccc2[C@H]2[C@@H](c3ccccn3)NC(=S)N2CCC(=O)Nc2ccccc2)cc1. The van der Waals surface area contributed by atoms with Crippen LogP contribution in [0.25, 0.3) is 5.69 Å². The standard InChI is InChI=1S/C28H27N5OS/c1-20-12-14-22(15-13-20)32-18-7-11-24(32)27-26(23-10-5-6-17-29-23)31-28(35)33(27)19-16-25(34)30-21-8-3-2-4-9-21/h2-15,17-18,26-27H,16,19H2,1H3,(H,30,34)(H,31,35)/t26-,27+/m1/s1. The zero-order valence-corrected chi connectivity index (χ0v) is 20.3. The van der Waals surface area contributed by atoms with Crippen molar-refractivity contribution in [3.63, 3.8) is 0 Å². The average molecular weight is 482 g/mol. The van der Waals surface area contributed by atoms with Crippen molar-refractivity contribution in [3.05, 3.63) is 114 Å². The van der Waals surface area contributed by atoms with Gasteiger partial charge < -0.3 is 20.1 Å². The van der Waals surface area contributed by atoms with E-state index >= 15 is 0 Å². The van der Waals surface area contributed by atoms with E-state index in [1.807, 2.05) is 54.6 Å². The number of para-hydroxylation sites is 1. The van der Waals surface area contributed by atoms with Crippen molar-refractivity contribution in [2.75, 3.05) is 11.9 Å². The monoisotopic (exact) mass is 481 g/mol. The van der Waals surface area contributed by atoms with E-state index in [-0.39, 0.29) is 18.0 Å². The first-order valence-corrected chi connectivity index (χ1v) is 12.1. The number of rotatable bonds is 7. The number of thiocarbonyl (C=S) groups is 1. The Morgan fingerprint density at radius 1 is 1.00 bits per heavy atom. The number of nitrogens with one attached hydrogen (secondary N) is 2. The molecule has 7 heteroatoms. The van der Waals surface area contributed by atoms with Crippen LogP contribution in [-0.4, -0.2) is 32.0 Å². The number of anilines is 1. The van der Waals surface area contributed by atoms with Gasteiger partial charge in [0, 0.05) is 42.4 Å². The maximum absolute atomic E-state index is 12.7. The van der Waals surface area contributed by atoms with Gasteiger partial charge >= 0.3 is 0 Å². The number of benzene rings is 2. The molecule has 0 saturated carbocycles. The smallest absolute Gasteiger partial charge is 0.226 e. The van der Waals surface area contributed by atoms with E-state index in [4.69, 9.17) is 12.2 Å². The van der Waals surface area contributed by atoms with Crippen LogP contribution in [0.4, 0.5) is 5.69 Å². The lowest BCUT2D eigenvalue weighted by atomic mass is 10.0. The highest BCUT2D eigenvalue weighted by Gasteiger charge is 2.41. The third kappa shape index (κ3) is 4.95. The third-order valence-electron chi connectivity index (χ3n) is 6.23. The molecule has 2 N–H and O–H groups in total. The molecule has 0 spiro atoms. The van der Waals surface area contributed by atoms with Crippen molar-refractivity contribution >= 4 is 28.9 Å². The van der Waals surface area contributed by atoms with Gasteiger partial charge in [-0.05, 0) is 67.7 Å².